The number of aromatic nitrogens is 2. The molecule has 1 aromatic carbocycles. The van der Waals surface area contributed by atoms with Gasteiger partial charge in [-0.25, -0.2) is 12.7 Å². The molecule has 0 bridgehead atoms. The van der Waals surface area contributed by atoms with Gasteiger partial charge in [-0.3, -0.25) is 0 Å². The third-order valence-electron chi connectivity index (χ3n) is 3.23. The predicted octanol–water partition coefficient (Wildman–Crippen LogP) is 1.80. The van der Waals surface area contributed by atoms with Crippen molar-refractivity contribution < 1.29 is 12.8 Å². The van der Waals surface area contributed by atoms with Gasteiger partial charge in [-0.1, -0.05) is 13.0 Å². The second kappa shape index (κ2) is 6.45. The lowest BCUT2D eigenvalue weighted by molar-refractivity contribution is 0.460. The zero-order chi connectivity index (χ0) is 16.3. The highest BCUT2D eigenvalue weighted by molar-refractivity contribution is 7.89. The summed E-state index contributed by atoms with van der Waals surface area (Å²) in [5.74, 6) is 1.05. The summed E-state index contributed by atoms with van der Waals surface area (Å²) in [5.41, 5.74) is 1.66. The summed E-state index contributed by atoms with van der Waals surface area (Å²) in [7, 11) is -0.443. The molecule has 0 aliphatic rings. The highest BCUT2D eigenvalue weighted by atomic mass is 32.2. The normalized spacial score (nSPS) is 11.9. The van der Waals surface area contributed by atoms with E-state index in [1.807, 2.05) is 13.8 Å². The molecule has 1 aromatic heterocycles. The smallest absolute Gasteiger partial charge is 0.242 e. The number of sulfonamides is 1. The van der Waals surface area contributed by atoms with Gasteiger partial charge in [-0.2, -0.15) is 0 Å². The number of anilines is 1. The molecule has 0 atom stereocenters. The maximum Gasteiger partial charge on any atom is 0.242 e. The van der Waals surface area contributed by atoms with Crippen LogP contribution < -0.4 is 5.32 Å². The zero-order valence-electron chi connectivity index (χ0n) is 13.1. The molecule has 0 saturated carbocycles. The van der Waals surface area contributed by atoms with Crippen molar-refractivity contribution in [1.29, 1.82) is 0 Å². The van der Waals surface area contributed by atoms with Crippen molar-refractivity contribution in [1.82, 2.24) is 14.5 Å². The molecule has 0 aliphatic heterocycles. The van der Waals surface area contributed by atoms with Gasteiger partial charge in [0.1, 0.15) is 0 Å². The van der Waals surface area contributed by atoms with Crippen LogP contribution in [0.3, 0.4) is 0 Å². The fraction of sp³-hybridized carbons (Fsp3) is 0.429. The van der Waals surface area contributed by atoms with Gasteiger partial charge < -0.3 is 9.73 Å². The van der Waals surface area contributed by atoms with E-state index in [1.165, 1.54) is 18.4 Å². The largest absolute Gasteiger partial charge is 0.423 e. The van der Waals surface area contributed by atoms with E-state index >= 15 is 0 Å². The Morgan fingerprint density at radius 1 is 1.23 bits per heavy atom. The van der Waals surface area contributed by atoms with Gasteiger partial charge in [0.2, 0.25) is 21.8 Å². The van der Waals surface area contributed by atoms with Crippen LogP contribution in [0.1, 0.15) is 24.3 Å². The van der Waals surface area contributed by atoms with Crippen molar-refractivity contribution in [3.8, 4) is 0 Å². The molecule has 0 saturated heterocycles. The van der Waals surface area contributed by atoms with Crippen LogP contribution in [-0.2, 0) is 23.0 Å². The molecule has 0 radical (unpaired) electrons. The number of nitrogens with zero attached hydrogens (tertiary/aromatic N) is 3. The van der Waals surface area contributed by atoms with Crippen molar-refractivity contribution >= 4 is 15.7 Å². The molecular weight excluding hydrogens is 304 g/mol. The van der Waals surface area contributed by atoms with Crippen molar-refractivity contribution in [3.63, 3.8) is 0 Å². The van der Waals surface area contributed by atoms with Crippen LogP contribution in [0.25, 0.3) is 0 Å². The molecule has 0 fully saturated rings. The minimum absolute atomic E-state index is 0.241. The van der Waals surface area contributed by atoms with E-state index in [1.54, 1.807) is 18.2 Å². The van der Waals surface area contributed by atoms with Crippen LogP contribution >= 0.6 is 0 Å². The summed E-state index contributed by atoms with van der Waals surface area (Å²) in [6, 6.07) is 4.98. The number of nitrogens with one attached hydrogen (secondary N) is 1. The molecule has 1 heterocycles. The van der Waals surface area contributed by atoms with Crippen LogP contribution in [0.15, 0.2) is 27.5 Å². The summed E-state index contributed by atoms with van der Waals surface area (Å²) in [4.78, 5) is 0.241. The van der Waals surface area contributed by atoms with Crippen molar-refractivity contribution in [2.45, 2.75) is 31.7 Å². The molecule has 7 nitrogen and oxygen atoms in total. The summed E-state index contributed by atoms with van der Waals surface area (Å²) in [6.45, 7) is 4.18. The minimum Gasteiger partial charge on any atom is -0.423 e. The summed E-state index contributed by atoms with van der Waals surface area (Å²) >= 11 is 0. The molecule has 1 N–H and O–H groups in total. The second-order valence-corrected chi connectivity index (χ2v) is 7.21. The quantitative estimate of drug-likeness (QED) is 0.871. The van der Waals surface area contributed by atoms with Gasteiger partial charge in [0.25, 0.3) is 0 Å². The second-order valence-electron chi connectivity index (χ2n) is 5.06. The number of rotatable bonds is 6. The van der Waals surface area contributed by atoms with Gasteiger partial charge in [0.15, 0.2) is 0 Å². The molecule has 0 amide bonds. The van der Waals surface area contributed by atoms with Gasteiger partial charge >= 0.3 is 0 Å². The lowest BCUT2D eigenvalue weighted by Gasteiger charge is -2.14. The topological polar surface area (TPSA) is 88.3 Å². The number of hydrogen-bond acceptors (Lipinski definition) is 6. The van der Waals surface area contributed by atoms with E-state index in [0.29, 0.717) is 24.7 Å². The van der Waals surface area contributed by atoms with Crippen LogP contribution in [0.5, 0.6) is 0 Å². The lowest BCUT2D eigenvalue weighted by Crippen LogP contribution is -2.22. The maximum absolute atomic E-state index is 12.2. The van der Waals surface area contributed by atoms with E-state index in [2.05, 4.69) is 15.5 Å². The Kier molecular flexibility index (Phi) is 4.82. The Morgan fingerprint density at radius 3 is 2.50 bits per heavy atom. The van der Waals surface area contributed by atoms with E-state index in [4.69, 9.17) is 4.42 Å². The highest BCUT2D eigenvalue weighted by Crippen LogP contribution is 2.22. The maximum atomic E-state index is 12.2. The fourth-order valence-electron chi connectivity index (χ4n) is 1.84. The zero-order valence-corrected chi connectivity index (χ0v) is 13.9. The molecule has 0 spiro atoms. The van der Waals surface area contributed by atoms with Crippen molar-refractivity contribution in [2.24, 2.45) is 0 Å². The van der Waals surface area contributed by atoms with Gasteiger partial charge in [0, 0.05) is 26.2 Å². The fourth-order valence-corrected chi connectivity index (χ4v) is 2.76. The predicted molar refractivity (Wildman–Crippen MR) is 83.1 cm³/mol. The Labute approximate surface area is 130 Å². The Bertz CT molecular complexity index is 753. The molecule has 0 unspecified atom stereocenters. The average molecular weight is 324 g/mol. The minimum atomic E-state index is -3.46. The van der Waals surface area contributed by atoms with Crippen molar-refractivity contribution in [3.05, 3.63) is 35.5 Å². The first-order chi connectivity index (χ1) is 10.3. The summed E-state index contributed by atoms with van der Waals surface area (Å²) in [5, 5.41) is 11.0. The van der Waals surface area contributed by atoms with Crippen molar-refractivity contribution in [2.75, 3.05) is 19.4 Å². The molecule has 0 aliphatic carbocycles. The van der Waals surface area contributed by atoms with E-state index < -0.39 is 10.0 Å². The third-order valence-corrected chi connectivity index (χ3v) is 5.04. The Hall–Kier alpha value is -1.93. The first-order valence-electron chi connectivity index (χ1n) is 6.93. The first kappa shape index (κ1) is 16.4. The lowest BCUT2D eigenvalue weighted by atomic mass is 10.2. The van der Waals surface area contributed by atoms with E-state index in [-0.39, 0.29) is 4.90 Å². The van der Waals surface area contributed by atoms with Crippen LogP contribution in [0.2, 0.25) is 0 Å². The highest BCUT2D eigenvalue weighted by Gasteiger charge is 2.18. The first-order valence-corrected chi connectivity index (χ1v) is 8.37. The monoisotopic (exact) mass is 324 g/mol. The summed E-state index contributed by atoms with van der Waals surface area (Å²) < 4.78 is 30.9. The molecule has 22 heavy (non-hydrogen) atoms. The van der Waals surface area contributed by atoms with E-state index in [0.717, 1.165) is 11.3 Å². The summed E-state index contributed by atoms with van der Waals surface area (Å²) in [6.07, 6.45) is 0.683. The number of aryl methyl sites for hydroxylation is 2. The molecule has 2 rings (SSSR count). The Morgan fingerprint density at radius 2 is 1.91 bits per heavy atom. The van der Waals surface area contributed by atoms with Crippen LogP contribution in [0.4, 0.5) is 5.69 Å². The molecular formula is C14H20N4O3S. The number of hydrogen-bond donors (Lipinski definition) is 1. The Balaban J connectivity index is 2.20. The van der Waals surface area contributed by atoms with Crippen LogP contribution in [-0.4, -0.2) is 37.0 Å². The average Bonchev–Trinajstić information content (AvgIpc) is 2.94. The standard InChI is InChI=1S/C14H20N4O3S/c1-5-13-16-17-14(21-13)9-15-12-8-11(7-6-10(12)2)22(19,20)18(3)4/h6-8,15H,5,9H2,1-4H3. The van der Waals surface area contributed by atoms with Gasteiger partial charge in [-0.15, -0.1) is 10.2 Å². The van der Waals surface area contributed by atoms with Gasteiger partial charge in [-0.05, 0) is 24.6 Å². The van der Waals surface area contributed by atoms with Gasteiger partial charge in [0.05, 0.1) is 11.4 Å². The number of benzene rings is 1. The van der Waals surface area contributed by atoms with E-state index in [9.17, 15) is 8.42 Å². The SMILES string of the molecule is CCc1nnc(CNc2cc(S(=O)(=O)N(C)C)ccc2C)o1. The third kappa shape index (κ3) is 3.45. The molecule has 2 aromatic rings. The molecule has 8 heteroatoms. The molecule has 120 valence electrons. The van der Waals surface area contributed by atoms with Crippen LogP contribution in [0, 0.1) is 6.92 Å².